The van der Waals surface area contributed by atoms with Crippen LogP contribution in [0, 0.1) is 45.8 Å². The molecule has 0 heterocycles. The normalized spacial score (nSPS) is 39.8. The Hall–Kier alpha value is -1.12. The minimum atomic E-state index is -4.58. The fraction of sp³-hybridized carbons (Fsp3) is 0.829. The summed E-state index contributed by atoms with van der Waals surface area (Å²) in [6.45, 7) is 10.4. The molecule has 8 unspecified atom stereocenters. The maximum atomic E-state index is 13.8. The van der Waals surface area contributed by atoms with Crippen molar-refractivity contribution in [2.24, 2.45) is 45.8 Å². The number of halogens is 3. The van der Waals surface area contributed by atoms with E-state index in [9.17, 15) is 31.8 Å². The first-order chi connectivity index (χ1) is 19.8. The smallest absolute Gasteiger partial charge is 0.393 e. The van der Waals surface area contributed by atoms with Crippen LogP contribution >= 0.6 is 0 Å². The summed E-state index contributed by atoms with van der Waals surface area (Å²) in [4.78, 5) is 0.312. The number of aliphatic hydroxyl groups is 2. The maximum absolute atomic E-state index is 13.8. The van der Waals surface area contributed by atoms with Crippen molar-refractivity contribution in [1.29, 1.82) is 0 Å². The summed E-state index contributed by atoms with van der Waals surface area (Å²) in [5.41, 5.74) is -3.05. The molecule has 0 amide bonds. The Labute approximate surface area is 257 Å². The number of hydrogen-bond acceptors (Lipinski definition) is 4. The van der Waals surface area contributed by atoms with Gasteiger partial charge in [0.15, 0.2) is 15.4 Å². The molecule has 1 aromatic carbocycles. The standard InChI is InChI=1S/C35H53F3O4S/c1-31(2,3)30(39)21-26(43(41,42)25-9-7-6-8-10-25)14-11-23-13-16-28-27-15-12-24-22-34(40,35(36,37)38)20-19-33(24,5)29(27)17-18-32(23,28)4/h6-10,23-24,26-30,39-40H,11-22H2,1-5H3/t23?,24?,26?,27?,28?,29?,30-,32?,33?,34-/m0/s1. The molecule has 4 fully saturated rings. The lowest BCUT2D eigenvalue weighted by Crippen LogP contribution is -2.59. The van der Waals surface area contributed by atoms with E-state index in [4.69, 9.17) is 0 Å². The van der Waals surface area contributed by atoms with E-state index in [2.05, 4.69) is 13.8 Å². The molecule has 1 aromatic rings. The van der Waals surface area contributed by atoms with Crippen molar-refractivity contribution in [2.75, 3.05) is 0 Å². The van der Waals surface area contributed by atoms with Crippen molar-refractivity contribution in [3.63, 3.8) is 0 Å². The van der Waals surface area contributed by atoms with Crippen LogP contribution in [0.15, 0.2) is 35.2 Å². The third kappa shape index (κ3) is 5.84. The molecule has 4 saturated carbocycles. The van der Waals surface area contributed by atoms with Gasteiger partial charge in [-0.3, -0.25) is 0 Å². The second-order valence-corrected chi connectivity index (χ2v) is 18.6. The van der Waals surface area contributed by atoms with Gasteiger partial charge in [-0.25, -0.2) is 8.42 Å². The van der Waals surface area contributed by atoms with E-state index in [0.29, 0.717) is 41.4 Å². The summed E-state index contributed by atoms with van der Waals surface area (Å²) in [6.07, 6.45) is 2.11. The number of alkyl halides is 3. The molecule has 43 heavy (non-hydrogen) atoms. The molecule has 8 heteroatoms. The third-order valence-corrected chi connectivity index (χ3v) is 15.5. The van der Waals surface area contributed by atoms with Gasteiger partial charge < -0.3 is 10.2 Å². The summed E-state index contributed by atoms with van der Waals surface area (Å²) in [5.74, 6) is 1.66. The molecule has 0 saturated heterocycles. The molecular weight excluding hydrogens is 573 g/mol. The van der Waals surface area contributed by atoms with Gasteiger partial charge in [0.1, 0.15) is 0 Å². The van der Waals surface area contributed by atoms with E-state index >= 15 is 0 Å². The predicted molar refractivity (Wildman–Crippen MR) is 163 cm³/mol. The highest BCUT2D eigenvalue weighted by atomic mass is 32.2. The van der Waals surface area contributed by atoms with Crippen molar-refractivity contribution in [2.45, 2.75) is 140 Å². The highest BCUT2D eigenvalue weighted by Crippen LogP contribution is 2.69. The number of aliphatic hydroxyl groups excluding tert-OH is 1. The predicted octanol–water partition coefficient (Wildman–Crippen LogP) is 8.36. The molecule has 4 aliphatic rings. The molecule has 0 spiro atoms. The summed E-state index contributed by atoms with van der Waals surface area (Å²) in [5, 5.41) is 20.9. The quantitative estimate of drug-likeness (QED) is 0.319. The van der Waals surface area contributed by atoms with E-state index in [0.717, 1.165) is 44.9 Å². The van der Waals surface area contributed by atoms with Gasteiger partial charge in [0.05, 0.1) is 16.2 Å². The van der Waals surface area contributed by atoms with Crippen molar-refractivity contribution in [1.82, 2.24) is 0 Å². The monoisotopic (exact) mass is 626 g/mol. The third-order valence-electron chi connectivity index (χ3n) is 13.3. The highest BCUT2D eigenvalue weighted by molar-refractivity contribution is 7.92. The van der Waals surface area contributed by atoms with E-state index < -0.39 is 38.4 Å². The summed E-state index contributed by atoms with van der Waals surface area (Å²) in [7, 11) is -3.62. The van der Waals surface area contributed by atoms with Crippen LogP contribution in [0.5, 0.6) is 0 Å². The van der Waals surface area contributed by atoms with Crippen LogP contribution in [0.1, 0.15) is 112 Å². The molecule has 10 atom stereocenters. The van der Waals surface area contributed by atoms with E-state index in [1.165, 1.54) is 0 Å². The SMILES string of the molecule is CC12CCC3C(CCC4C[C@](O)(C(F)(F)F)CCC43C)C1CCC2CCC(C[C@H](O)C(C)(C)C)S(=O)(=O)c1ccccc1. The largest absolute Gasteiger partial charge is 0.417 e. The molecule has 5 rings (SSSR count). The molecular formula is C35H53F3O4S. The van der Waals surface area contributed by atoms with E-state index in [1.54, 1.807) is 24.3 Å². The number of hydrogen-bond donors (Lipinski definition) is 2. The molecule has 0 aromatic heterocycles. The zero-order valence-electron chi connectivity index (χ0n) is 26.7. The van der Waals surface area contributed by atoms with Gasteiger partial charge in [-0.1, -0.05) is 52.8 Å². The Morgan fingerprint density at radius 2 is 1.56 bits per heavy atom. The molecule has 4 nitrogen and oxygen atoms in total. The summed E-state index contributed by atoms with van der Waals surface area (Å²) >= 11 is 0. The number of fused-ring (bicyclic) bond motifs is 5. The Morgan fingerprint density at radius 3 is 2.19 bits per heavy atom. The number of rotatable bonds is 7. The second-order valence-electron chi connectivity index (χ2n) is 16.4. The number of benzene rings is 1. The first kappa shape index (κ1) is 33.2. The molecule has 0 aliphatic heterocycles. The van der Waals surface area contributed by atoms with Crippen LogP contribution in [-0.2, 0) is 9.84 Å². The lowest BCUT2D eigenvalue weighted by Gasteiger charge is -2.62. The van der Waals surface area contributed by atoms with Gasteiger partial charge in [-0.15, -0.1) is 0 Å². The first-order valence-corrected chi connectivity index (χ1v) is 18.1. The average Bonchev–Trinajstić information content (AvgIpc) is 3.26. The lowest BCUT2D eigenvalue weighted by atomic mass is 9.43. The minimum Gasteiger partial charge on any atom is -0.393 e. The highest BCUT2D eigenvalue weighted by Gasteiger charge is 2.65. The zero-order valence-corrected chi connectivity index (χ0v) is 27.5. The summed E-state index contributed by atoms with van der Waals surface area (Å²) < 4.78 is 68.9. The van der Waals surface area contributed by atoms with E-state index in [-0.39, 0.29) is 36.0 Å². The van der Waals surface area contributed by atoms with Crippen LogP contribution in [0.4, 0.5) is 13.2 Å². The van der Waals surface area contributed by atoms with Gasteiger partial charge >= 0.3 is 6.18 Å². The van der Waals surface area contributed by atoms with Crippen LogP contribution in [0.2, 0.25) is 0 Å². The van der Waals surface area contributed by atoms with Crippen molar-refractivity contribution in [3.05, 3.63) is 30.3 Å². The first-order valence-electron chi connectivity index (χ1n) is 16.6. The van der Waals surface area contributed by atoms with Crippen LogP contribution in [-0.4, -0.2) is 41.8 Å². The van der Waals surface area contributed by atoms with Crippen LogP contribution < -0.4 is 0 Å². The van der Waals surface area contributed by atoms with Crippen molar-refractivity contribution < 1.29 is 31.8 Å². The Bertz CT molecular complexity index is 1240. The molecule has 2 N–H and O–H groups in total. The maximum Gasteiger partial charge on any atom is 0.417 e. The molecule has 0 radical (unpaired) electrons. The fourth-order valence-electron chi connectivity index (χ4n) is 10.3. The molecule has 0 bridgehead atoms. The van der Waals surface area contributed by atoms with Crippen molar-refractivity contribution >= 4 is 9.84 Å². The van der Waals surface area contributed by atoms with Gasteiger partial charge in [-0.2, -0.15) is 13.2 Å². The molecule has 244 valence electrons. The lowest BCUT2D eigenvalue weighted by molar-refractivity contribution is -0.290. The second kappa shape index (κ2) is 11.3. The fourth-order valence-corrected chi connectivity index (χ4v) is 12.1. The topological polar surface area (TPSA) is 74.6 Å². The Kier molecular flexibility index (Phi) is 8.73. The zero-order chi connectivity index (χ0) is 31.6. The number of sulfone groups is 1. The Balaban J connectivity index is 1.31. The minimum absolute atomic E-state index is 0.0927. The summed E-state index contributed by atoms with van der Waals surface area (Å²) in [6, 6.07) is 8.60. The van der Waals surface area contributed by atoms with Crippen LogP contribution in [0.25, 0.3) is 0 Å². The van der Waals surface area contributed by atoms with Crippen molar-refractivity contribution in [3.8, 4) is 0 Å². The van der Waals surface area contributed by atoms with Gasteiger partial charge in [0.25, 0.3) is 0 Å². The van der Waals surface area contributed by atoms with Crippen LogP contribution in [0.3, 0.4) is 0 Å². The van der Waals surface area contributed by atoms with Gasteiger partial charge in [-0.05, 0) is 135 Å². The average molecular weight is 627 g/mol. The van der Waals surface area contributed by atoms with Gasteiger partial charge in [0, 0.05) is 0 Å². The van der Waals surface area contributed by atoms with E-state index in [1.807, 2.05) is 26.8 Å². The molecule has 4 aliphatic carbocycles. The van der Waals surface area contributed by atoms with Gasteiger partial charge in [0.2, 0.25) is 0 Å². The Morgan fingerprint density at radius 1 is 0.907 bits per heavy atom.